The molecule has 0 spiro atoms. The summed E-state index contributed by atoms with van der Waals surface area (Å²) in [4.78, 5) is 12.7. The van der Waals surface area contributed by atoms with Crippen LogP contribution in [0.3, 0.4) is 0 Å². The molecule has 0 saturated heterocycles. The van der Waals surface area contributed by atoms with Crippen LogP contribution in [0.25, 0.3) is 11.1 Å². The lowest BCUT2D eigenvalue weighted by Crippen LogP contribution is -2.26. The Morgan fingerprint density at radius 1 is 0.964 bits per heavy atom. The predicted octanol–water partition coefficient (Wildman–Crippen LogP) is 3.47. The number of nitrogens with one attached hydrogen (secondary N) is 2. The monoisotopic (exact) mass is 404 g/mol. The number of rotatable bonds is 9. The largest absolute Gasteiger partial charge is 0.412 e. The molecule has 2 rings (SSSR count). The van der Waals surface area contributed by atoms with Gasteiger partial charge in [0.1, 0.15) is 0 Å². The van der Waals surface area contributed by atoms with Crippen molar-refractivity contribution in [2.75, 3.05) is 6.54 Å². The molecule has 0 bridgehead atoms. The summed E-state index contributed by atoms with van der Waals surface area (Å²) in [5.41, 5.74) is 3.57. The maximum absolute atomic E-state index is 12.7. The van der Waals surface area contributed by atoms with Crippen molar-refractivity contribution in [1.82, 2.24) is 10.0 Å². The molecule has 154 valence electrons. The number of hydrogen-bond acceptors (Lipinski definition) is 2. The highest BCUT2D eigenvalue weighted by molar-refractivity contribution is 7.83. The van der Waals surface area contributed by atoms with Crippen molar-refractivity contribution in [3.8, 4) is 11.1 Å². The van der Waals surface area contributed by atoms with E-state index in [1.165, 1.54) is 0 Å². The molecule has 6 heteroatoms. The van der Waals surface area contributed by atoms with E-state index in [0.29, 0.717) is 24.6 Å². The maximum Gasteiger partial charge on any atom is 0.251 e. The fourth-order valence-corrected chi connectivity index (χ4v) is 3.37. The molecular weight excluding hydrogens is 372 g/mol. The van der Waals surface area contributed by atoms with Gasteiger partial charge in [-0.2, -0.15) is 0 Å². The van der Waals surface area contributed by atoms with E-state index in [2.05, 4.69) is 23.9 Å². The van der Waals surface area contributed by atoms with Gasteiger partial charge in [-0.05, 0) is 48.9 Å². The van der Waals surface area contributed by atoms with Crippen LogP contribution in [0.1, 0.15) is 50.0 Å². The highest BCUT2D eigenvalue weighted by atomic mass is 32.2. The Bertz CT molecular complexity index is 791. The van der Waals surface area contributed by atoms with Crippen molar-refractivity contribution in [1.29, 1.82) is 0 Å². The third-order valence-corrected chi connectivity index (χ3v) is 5.60. The summed E-state index contributed by atoms with van der Waals surface area (Å²) < 4.78 is 15.1. The van der Waals surface area contributed by atoms with Crippen LogP contribution in [0.15, 0.2) is 48.5 Å². The van der Waals surface area contributed by atoms with Gasteiger partial charge in [0, 0.05) is 23.9 Å². The molecule has 4 N–H and O–H groups in total. The van der Waals surface area contributed by atoms with Gasteiger partial charge in [0.2, 0.25) is 0 Å². The summed E-state index contributed by atoms with van der Waals surface area (Å²) in [6.45, 7) is 9.29. The van der Waals surface area contributed by atoms with E-state index in [1.807, 2.05) is 62.4 Å². The first-order chi connectivity index (χ1) is 12.9. The quantitative estimate of drug-likeness (QED) is 0.670. The van der Waals surface area contributed by atoms with Gasteiger partial charge in [0.25, 0.3) is 5.91 Å². The van der Waals surface area contributed by atoms with Crippen LogP contribution in [-0.4, -0.2) is 27.4 Å². The second-order valence-electron chi connectivity index (χ2n) is 7.31. The van der Waals surface area contributed by atoms with Gasteiger partial charge in [-0.3, -0.25) is 4.79 Å². The molecule has 0 aliphatic rings. The van der Waals surface area contributed by atoms with Crippen molar-refractivity contribution < 1.29 is 14.5 Å². The van der Waals surface area contributed by atoms with Gasteiger partial charge < -0.3 is 10.8 Å². The van der Waals surface area contributed by atoms with Crippen LogP contribution in [0.4, 0.5) is 0 Å². The van der Waals surface area contributed by atoms with Gasteiger partial charge in [-0.25, -0.2) is 8.93 Å². The molecule has 0 aliphatic carbocycles. The van der Waals surface area contributed by atoms with Crippen LogP contribution in [0, 0.1) is 5.92 Å². The summed E-state index contributed by atoms with van der Waals surface area (Å²) in [6, 6.07) is 15.6. The molecule has 2 aromatic carbocycles. The van der Waals surface area contributed by atoms with Crippen LogP contribution in [0.5, 0.6) is 0 Å². The summed E-state index contributed by atoms with van der Waals surface area (Å²) in [7, 11) is -1.09. The summed E-state index contributed by atoms with van der Waals surface area (Å²) in [5, 5.41) is 3.07. The normalized spacial score (nSPS) is 11.9. The number of benzene rings is 2. The topological polar surface area (TPSA) is 89.7 Å². The first kappa shape index (κ1) is 24.0. The molecular formula is C22H32N2O3S. The van der Waals surface area contributed by atoms with Crippen LogP contribution >= 0.6 is 0 Å². The van der Waals surface area contributed by atoms with E-state index >= 15 is 0 Å². The van der Waals surface area contributed by atoms with Crippen molar-refractivity contribution >= 4 is 16.9 Å². The van der Waals surface area contributed by atoms with Crippen LogP contribution < -0.4 is 10.0 Å². The molecule has 0 heterocycles. The molecule has 5 nitrogen and oxygen atoms in total. The van der Waals surface area contributed by atoms with E-state index in [0.717, 1.165) is 23.1 Å². The van der Waals surface area contributed by atoms with Gasteiger partial charge in [0.15, 0.2) is 0 Å². The molecule has 2 aromatic rings. The first-order valence-corrected chi connectivity index (χ1v) is 10.7. The highest BCUT2D eigenvalue weighted by Gasteiger charge is 2.15. The van der Waals surface area contributed by atoms with Gasteiger partial charge in [-0.1, -0.05) is 56.3 Å². The molecule has 28 heavy (non-hydrogen) atoms. The van der Waals surface area contributed by atoms with Crippen molar-refractivity contribution in [3.63, 3.8) is 0 Å². The van der Waals surface area contributed by atoms with Crippen LogP contribution in [-0.2, 0) is 17.5 Å². The number of hydrogen-bond donors (Lipinski definition) is 2. The second kappa shape index (κ2) is 11.7. The zero-order valence-electron chi connectivity index (χ0n) is 17.1. The molecule has 1 atom stereocenters. The molecule has 1 amide bonds. The standard InChI is InChI=1S/C22H30N2O2S.H2O/c1-16(2)13-14-23-22(25)21-12-8-7-11-20(21)19-10-6-5-9-18(19)15-24-27(26)17(3)4;/h5-12,16-17,24H,13-15H2,1-4H3,(H,23,25);1H2. The lowest BCUT2D eigenvalue weighted by Gasteiger charge is -2.15. The smallest absolute Gasteiger partial charge is 0.251 e. The Balaban J connectivity index is 0.00000392. The van der Waals surface area contributed by atoms with E-state index in [-0.39, 0.29) is 16.6 Å². The van der Waals surface area contributed by atoms with E-state index in [4.69, 9.17) is 0 Å². The van der Waals surface area contributed by atoms with Crippen molar-refractivity contribution in [2.45, 2.75) is 45.9 Å². The minimum absolute atomic E-state index is 0. The Kier molecular flexibility index (Phi) is 10.1. The number of amides is 1. The summed E-state index contributed by atoms with van der Waals surface area (Å²) >= 11 is 0. The number of carbonyl (C=O) groups is 1. The number of carbonyl (C=O) groups excluding carboxylic acids is 1. The SMILES string of the molecule is CC(C)CCNC(=O)c1ccccc1-c1ccccc1CNS(=O)C(C)C.O. The third kappa shape index (κ3) is 6.86. The molecule has 0 saturated carbocycles. The second-order valence-corrected chi connectivity index (χ2v) is 9.13. The van der Waals surface area contributed by atoms with E-state index in [1.54, 1.807) is 0 Å². The molecule has 0 fully saturated rings. The Hall–Kier alpha value is -2.02. The Morgan fingerprint density at radius 3 is 2.21 bits per heavy atom. The van der Waals surface area contributed by atoms with Crippen molar-refractivity contribution in [3.05, 3.63) is 59.7 Å². The first-order valence-electron chi connectivity index (χ1n) is 9.49. The fourth-order valence-electron chi connectivity index (χ4n) is 2.74. The third-order valence-electron chi connectivity index (χ3n) is 4.32. The Morgan fingerprint density at radius 2 is 1.57 bits per heavy atom. The molecule has 0 radical (unpaired) electrons. The molecule has 0 aliphatic heterocycles. The highest BCUT2D eigenvalue weighted by Crippen LogP contribution is 2.27. The van der Waals surface area contributed by atoms with Crippen LogP contribution in [0.2, 0.25) is 0 Å². The lowest BCUT2D eigenvalue weighted by molar-refractivity contribution is 0.0952. The van der Waals surface area contributed by atoms with Gasteiger partial charge in [0.05, 0.1) is 11.0 Å². The zero-order chi connectivity index (χ0) is 19.8. The molecule has 1 unspecified atom stereocenters. The average Bonchev–Trinajstić information content (AvgIpc) is 2.65. The zero-order valence-corrected chi connectivity index (χ0v) is 17.9. The predicted molar refractivity (Wildman–Crippen MR) is 117 cm³/mol. The lowest BCUT2D eigenvalue weighted by atomic mass is 9.95. The van der Waals surface area contributed by atoms with Gasteiger partial charge in [-0.15, -0.1) is 0 Å². The van der Waals surface area contributed by atoms with Gasteiger partial charge >= 0.3 is 0 Å². The Labute approximate surface area is 170 Å². The minimum atomic E-state index is -1.09. The van der Waals surface area contributed by atoms with E-state index < -0.39 is 11.0 Å². The summed E-state index contributed by atoms with van der Waals surface area (Å²) in [5.74, 6) is 0.494. The van der Waals surface area contributed by atoms with Crippen molar-refractivity contribution in [2.24, 2.45) is 5.92 Å². The minimum Gasteiger partial charge on any atom is -0.412 e. The summed E-state index contributed by atoms with van der Waals surface area (Å²) in [6.07, 6.45) is 0.954. The molecule has 0 aromatic heterocycles. The maximum atomic E-state index is 12.7. The fraction of sp³-hybridized carbons (Fsp3) is 0.409. The van der Waals surface area contributed by atoms with E-state index in [9.17, 15) is 9.00 Å². The average molecular weight is 405 g/mol.